The summed E-state index contributed by atoms with van der Waals surface area (Å²) in [6, 6.07) is 25.4. The Bertz CT molecular complexity index is 1490. The number of imidazole rings is 1. The zero-order chi connectivity index (χ0) is 22.8. The summed E-state index contributed by atoms with van der Waals surface area (Å²) in [5.74, 6) is 0.523. The molecule has 2 heterocycles. The van der Waals surface area contributed by atoms with Crippen LogP contribution in [-0.4, -0.2) is 19.7 Å². The minimum atomic E-state index is 0.428. The average molecular weight is 470 g/mol. The Kier molecular flexibility index (Phi) is 5.70. The summed E-state index contributed by atoms with van der Waals surface area (Å²) in [7, 11) is 0. The van der Waals surface area contributed by atoms with Gasteiger partial charge in [0, 0.05) is 17.3 Å². The van der Waals surface area contributed by atoms with Crippen LogP contribution in [0, 0.1) is 11.3 Å². The van der Waals surface area contributed by atoms with Gasteiger partial charge in [0.05, 0.1) is 38.9 Å². The largest absolute Gasteiger partial charge is 0.337 e. The summed E-state index contributed by atoms with van der Waals surface area (Å²) in [6.45, 7) is 0.511. The number of para-hydroxylation sites is 2. The van der Waals surface area contributed by atoms with Gasteiger partial charge in [0.1, 0.15) is 11.9 Å². The summed E-state index contributed by atoms with van der Waals surface area (Å²) in [5.41, 5.74) is 5.65. The van der Waals surface area contributed by atoms with E-state index in [1.54, 1.807) is 6.07 Å². The van der Waals surface area contributed by atoms with Crippen LogP contribution in [0.5, 0.6) is 0 Å². The minimum Gasteiger partial charge on any atom is -0.337 e. The van der Waals surface area contributed by atoms with E-state index in [9.17, 15) is 5.26 Å². The predicted molar refractivity (Wildman–Crippen MR) is 133 cm³/mol. The Balaban J connectivity index is 1.58. The first-order valence-corrected chi connectivity index (χ1v) is 11.0. The summed E-state index contributed by atoms with van der Waals surface area (Å²) >= 11 is 12.2. The number of H-pyrrole nitrogens is 1. The van der Waals surface area contributed by atoms with Crippen molar-refractivity contribution in [2.24, 2.45) is 0 Å². The molecule has 0 saturated heterocycles. The number of hydrogen-bond acceptors (Lipinski definition) is 3. The second-order valence-corrected chi connectivity index (χ2v) is 8.33. The molecule has 0 amide bonds. The van der Waals surface area contributed by atoms with Crippen molar-refractivity contribution in [2.45, 2.75) is 6.54 Å². The number of aromatic nitrogens is 4. The highest BCUT2D eigenvalue weighted by Gasteiger charge is 2.14. The maximum atomic E-state index is 9.89. The fraction of sp³-hybridized carbons (Fsp3) is 0.0385. The van der Waals surface area contributed by atoms with E-state index >= 15 is 0 Å². The van der Waals surface area contributed by atoms with Crippen molar-refractivity contribution in [1.29, 1.82) is 5.26 Å². The molecule has 2 aromatic heterocycles. The molecule has 0 aliphatic heterocycles. The number of hydrogen-bond donors (Lipinski definition) is 1. The molecular formula is C26H17Cl2N5. The molecule has 160 valence electrons. The number of rotatable bonds is 5. The zero-order valence-corrected chi connectivity index (χ0v) is 18.8. The lowest BCUT2D eigenvalue weighted by Gasteiger charge is -2.03. The molecule has 0 fully saturated rings. The van der Waals surface area contributed by atoms with Crippen molar-refractivity contribution >= 4 is 45.9 Å². The first-order valence-electron chi connectivity index (χ1n) is 10.2. The fourth-order valence-electron chi connectivity index (χ4n) is 3.66. The highest BCUT2D eigenvalue weighted by atomic mass is 35.5. The van der Waals surface area contributed by atoms with E-state index in [-0.39, 0.29) is 0 Å². The van der Waals surface area contributed by atoms with Gasteiger partial charge in [0.2, 0.25) is 0 Å². The molecule has 0 radical (unpaired) electrons. The molecule has 0 spiro atoms. The first-order chi connectivity index (χ1) is 16.1. The van der Waals surface area contributed by atoms with Crippen LogP contribution in [-0.2, 0) is 6.54 Å². The lowest BCUT2D eigenvalue weighted by atomic mass is 10.1. The third-order valence-corrected chi connectivity index (χ3v) is 5.97. The summed E-state index contributed by atoms with van der Waals surface area (Å²) in [5, 5.41) is 15.7. The molecule has 0 atom stereocenters. The normalized spacial score (nSPS) is 11.6. The van der Waals surface area contributed by atoms with Crippen molar-refractivity contribution in [2.75, 3.05) is 0 Å². The summed E-state index contributed by atoms with van der Waals surface area (Å²) in [4.78, 5) is 7.80. The van der Waals surface area contributed by atoms with Gasteiger partial charge in [-0.1, -0.05) is 71.7 Å². The molecule has 5 aromatic rings. The number of allylic oxidation sites excluding steroid dienone is 1. The van der Waals surface area contributed by atoms with E-state index in [1.165, 1.54) is 0 Å². The Morgan fingerprint density at radius 2 is 1.79 bits per heavy atom. The molecule has 0 unspecified atom stereocenters. The Morgan fingerprint density at radius 1 is 1.00 bits per heavy atom. The van der Waals surface area contributed by atoms with Crippen molar-refractivity contribution < 1.29 is 0 Å². The highest BCUT2D eigenvalue weighted by molar-refractivity contribution is 6.42. The van der Waals surface area contributed by atoms with E-state index in [0.717, 1.165) is 33.4 Å². The lowest BCUT2D eigenvalue weighted by Crippen LogP contribution is -2.00. The molecule has 0 saturated carbocycles. The lowest BCUT2D eigenvalue weighted by molar-refractivity contribution is 0.689. The molecule has 0 bridgehead atoms. The van der Waals surface area contributed by atoms with Gasteiger partial charge in [-0.2, -0.15) is 10.4 Å². The Labute approximate surface area is 200 Å². The summed E-state index contributed by atoms with van der Waals surface area (Å²) < 4.78 is 1.83. The standard InChI is InChI=1S/C26H17Cl2N5/c27-21-11-10-17(12-22(21)28)15-33-16-20(25(32-33)18-6-2-1-3-7-18)13-19(14-29)26-30-23-8-4-5-9-24(23)31-26/h1-13,16H,15H2,(H,30,31)/b19-13+. The number of aromatic amines is 1. The maximum absolute atomic E-state index is 9.89. The monoisotopic (exact) mass is 469 g/mol. The van der Waals surface area contributed by atoms with Gasteiger partial charge in [-0.15, -0.1) is 0 Å². The number of halogens is 2. The van der Waals surface area contributed by atoms with Crippen LogP contribution in [0.4, 0.5) is 0 Å². The van der Waals surface area contributed by atoms with Crippen molar-refractivity contribution in [3.8, 4) is 17.3 Å². The third kappa shape index (κ3) is 4.40. The van der Waals surface area contributed by atoms with Gasteiger partial charge < -0.3 is 4.98 Å². The molecule has 0 aliphatic carbocycles. The van der Waals surface area contributed by atoms with Crippen molar-refractivity contribution in [3.63, 3.8) is 0 Å². The quantitative estimate of drug-likeness (QED) is 0.286. The van der Waals surface area contributed by atoms with Gasteiger partial charge in [-0.25, -0.2) is 4.98 Å². The SMILES string of the molecule is N#C/C(=C\c1cn(Cc2ccc(Cl)c(Cl)c2)nc1-c1ccccc1)c1nc2ccccc2[nH]1. The minimum absolute atomic E-state index is 0.428. The van der Waals surface area contributed by atoms with E-state index in [4.69, 9.17) is 28.3 Å². The zero-order valence-electron chi connectivity index (χ0n) is 17.3. The van der Waals surface area contributed by atoms with Gasteiger partial charge in [-0.3, -0.25) is 4.68 Å². The van der Waals surface area contributed by atoms with Crippen LogP contribution in [0.15, 0.2) is 79.0 Å². The second kappa shape index (κ2) is 8.95. The van der Waals surface area contributed by atoms with Crippen LogP contribution in [0.2, 0.25) is 10.0 Å². The van der Waals surface area contributed by atoms with Gasteiger partial charge in [0.15, 0.2) is 0 Å². The summed E-state index contributed by atoms with van der Waals surface area (Å²) in [6.07, 6.45) is 3.74. The predicted octanol–water partition coefficient (Wildman–Crippen LogP) is 6.85. The number of nitrogens with one attached hydrogen (secondary N) is 1. The Hall–Kier alpha value is -3.85. The van der Waals surface area contributed by atoms with Crippen LogP contribution >= 0.6 is 23.2 Å². The molecule has 33 heavy (non-hydrogen) atoms. The van der Waals surface area contributed by atoms with Gasteiger partial charge in [-0.05, 0) is 35.9 Å². The smallest absolute Gasteiger partial charge is 0.149 e. The topological polar surface area (TPSA) is 70.3 Å². The molecule has 0 aliphatic rings. The van der Waals surface area contributed by atoms with Gasteiger partial charge in [0.25, 0.3) is 0 Å². The molecule has 5 nitrogen and oxygen atoms in total. The van der Waals surface area contributed by atoms with Crippen LogP contribution in [0.1, 0.15) is 17.0 Å². The van der Waals surface area contributed by atoms with Crippen LogP contribution in [0.25, 0.3) is 33.9 Å². The van der Waals surface area contributed by atoms with Crippen LogP contribution < -0.4 is 0 Å². The molecular weight excluding hydrogens is 453 g/mol. The second-order valence-electron chi connectivity index (χ2n) is 7.52. The highest BCUT2D eigenvalue weighted by Crippen LogP contribution is 2.28. The molecule has 7 heteroatoms. The number of nitriles is 1. The van der Waals surface area contributed by atoms with Crippen LogP contribution in [0.3, 0.4) is 0 Å². The number of fused-ring (bicyclic) bond motifs is 1. The van der Waals surface area contributed by atoms with Crippen molar-refractivity contribution in [1.82, 2.24) is 19.7 Å². The van der Waals surface area contributed by atoms with E-state index < -0.39 is 0 Å². The van der Waals surface area contributed by atoms with E-state index in [1.807, 2.05) is 83.7 Å². The third-order valence-electron chi connectivity index (χ3n) is 5.23. The maximum Gasteiger partial charge on any atom is 0.149 e. The van der Waals surface area contributed by atoms with Gasteiger partial charge >= 0.3 is 0 Å². The first kappa shape index (κ1) is 21.0. The molecule has 1 N–H and O–H groups in total. The number of benzene rings is 3. The van der Waals surface area contributed by atoms with Crippen molar-refractivity contribution in [3.05, 3.63) is 106 Å². The number of nitrogens with zero attached hydrogens (tertiary/aromatic N) is 4. The molecule has 3 aromatic carbocycles. The van der Waals surface area contributed by atoms with E-state index in [2.05, 4.69) is 16.0 Å². The Morgan fingerprint density at radius 3 is 2.55 bits per heavy atom. The molecule has 5 rings (SSSR count). The fourth-order valence-corrected chi connectivity index (χ4v) is 3.98. The average Bonchev–Trinajstić information content (AvgIpc) is 3.44. The van der Waals surface area contributed by atoms with E-state index in [0.29, 0.717) is 28.0 Å².